The van der Waals surface area contributed by atoms with Gasteiger partial charge in [0.15, 0.2) is 6.29 Å². The Hall–Kier alpha value is -2.01. The van der Waals surface area contributed by atoms with Crippen molar-refractivity contribution in [1.82, 2.24) is 0 Å². The Balaban J connectivity index is 2.51. The highest BCUT2D eigenvalue weighted by atomic mass is 35.5. The summed E-state index contributed by atoms with van der Waals surface area (Å²) in [6.45, 7) is 0. The molecule has 2 aromatic carbocycles. The maximum atomic E-state index is 12.3. The van der Waals surface area contributed by atoms with Crippen LogP contribution in [0.25, 0.3) is 11.1 Å². The van der Waals surface area contributed by atoms with E-state index in [2.05, 4.69) is 4.74 Å². The van der Waals surface area contributed by atoms with Crippen molar-refractivity contribution in [2.75, 3.05) is 0 Å². The second kappa shape index (κ2) is 5.54. The predicted octanol–water partition coefficient (Wildman–Crippen LogP) is 4.72. The standard InChI is InChI=1S/C14H8ClF3O2/c15-10-6-4-9(5-7-10)11-2-1-3-13(12(11)8-19)20-14(16,17)18/h1-8H. The van der Waals surface area contributed by atoms with Crippen LogP contribution in [-0.4, -0.2) is 12.6 Å². The monoisotopic (exact) mass is 300 g/mol. The fraction of sp³-hybridized carbons (Fsp3) is 0.0714. The van der Waals surface area contributed by atoms with Crippen molar-refractivity contribution in [3.05, 3.63) is 53.1 Å². The average molecular weight is 301 g/mol. The summed E-state index contributed by atoms with van der Waals surface area (Å²) in [4.78, 5) is 11.1. The zero-order valence-electron chi connectivity index (χ0n) is 9.95. The Bertz CT molecular complexity index is 621. The van der Waals surface area contributed by atoms with Crippen molar-refractivity contribution >= 4 is 17.9 Å². The van der Waals surface area contributed by atoms with Crippen molar-refractivity contribution in [3.63, 3.8) is 0 Å². The minimum atomic E-state index is -4.85. The largest absolute Gasteiger partial charge is 0.573 e. The van der Waals surface area contributed by atoms with E-state index in [1.807, 2.05) is 0 Å². The number of carbonyl (C=O) groups excluding carboxylic acids is 1. The molecular weight excluding hydrogens is 293 g/mol. The van der Waals surface area contributed by atoms with Crippen molar-refractivity contribution in [3.8, 4) is 16.9 Å². The first-order valence-corrected chi connectivity index (χ1v) is 5.88. The van der Waals surface area contributed by atoms with Crippen LogP contribution in [0.2, 0.25) is 5.02 Å². The maximum Gasteiger partial charge on any atom is 0.573 e. The number of hydrogen-bond acceptors (Lipinski definition) is 2. The SMILES string of the molecule is O=Cc1c(OC(F)(F)F)cccc1-c1ccc(Cl)cc1. The smallest absolute Gasteiger partial charge is 0.405 e. The van der Waals surface area contributed by atoms with Gasteiger partial charge in [-0.25, -0.2) is 0 Å². The molecule has 2 nitrogen and oxygen atoms in total. The Labute approximate surface area is 117 Å². The van der Waals surface area contributed by atoms with Gasteiger partial charge in [-0.2, -0.15) is 0 Å². The van der Waals surface area contributed by atoms with Crippen LogP contribution in [0.3, 0.4) is 0 Å². The summed E-state index contributed by atoms with van der Waals surface area (Å²) in [5, 5.41) is 0.490. The highest BCUT2D eigenvalue weighted by molar-refractivity contribution is 6.30. The van der Waals surface area contributed by atoms with Crippen LogP contribution in [0.1, 0.15) is 10.4 Å². The quantitative estimate of drug-likeness (QED) is 0.767. The molecule has 0 unspecified atom stereocenters. The van der Waals surface area contributed by atoms with Gasteiger partial charge in [-0.1, -0.05) is 35.9 Å². The predicted molar refractivity (Wildman–Crippen MR) is 69.0 cm³/mol. The molecule has 0 amide bonds. The third kappa shape index (κ3) is 3.30. The van der Waals surface area contributed by atoms with E-state index >= 15 is 0 Å². The van der Waals surface area contributed by atoms with E-state index in [1.54, 1.807) is 24.3 Å². The number of hydrogen-bond donors (Lipinski definition) is 0. The highest BCUT2D eigenvalue weighted by Gasteiger charge is 2.32. The summed E-state index contributed by atoms with van der Waals surface area (Å²) in [7, 11) is 0. The van der Waals surface area contributed by atoms with Crippen LogP contribution in [-0.2, 0) is 0 Å². The lowest BCUT2D eigenvalue weighted by atomic mass is 10.00. The molecule has 2 rings (SSSR count). The van der Waals surface area contributed by atoms with Crippen molar-refractivity contribution in [2.45, 2.75) is 6.36 Å². The maximum absolute atomic E-state index is 12.3. The summed E-state index contributed by atoms with van der Waals surface area (Å²) in [5.41, 5.74) is 0.759. The lowest BCUT2D eigenvalue weighted by Gasteiger charge is -2.13. The number of rotatable bonds is 3. The van der Waals surface area contributed by atoms with E-state index in [9.17, 15) is 18.0 Å². The van der Waals surface area contributed by atoms with Gasteiger partial charge in [-0.15, -0.1) is 13.2 Å². The first kappa shape index (κ1) is 14.4. The molecule has 0 radical (unpaired) electrons. The van der Waals surface area contributed by atoms with E-state index in [0.29, 0.717) is 22.4 Å². The van der Waals surface area contributed by atoms with Crippen molar-refractivity contribution < 1.29 is 22.7 Å². The van der Waals surface area contributed by atoms with Crippen LogP contribution >= 0.6 is 11.6 Å². The average Bonchev–Trinajstić information content (AvgIpc) is 2.37. The van der Waals surface area contributed by atoms with Crippen LogP contribution in [0, 0.1) is 0 Å². The molecule has 0 heterocycles. The van der Waals surface area contributed by atoms with Crippen molar-refractivity contribution in [2.24, 2.45) is 0 Å². The lowest BCUT2D eigenvalue weighted by Crippen LogP contribution is -2.18. The summed E-state index contributed by atoms with van der Waals surface area (Å²) in [6.07, 6.45) is -4.51. The Morgan fingerprint density at radius 1 is 1.05 bits per heavy atom. The Morgan fingerprint density at radius 2 is 1.70 bits per heavy atom. The Morgan fingerprint density at radius 3 is 2.25 bits per heavy atom. The van der Waals surface area contributed by atoms with Crippen LogP contribution in [0.15, 0.2) is 42.5 Å². The summed E-state index contributed by atoms with van der Waals surface area (Å²) in [5.74, 6) is -0.528. The molecule has 0 aliphatic heterocycles. The summed E-state index contributed by atoms with van der Waals surface area (Å²) < 4.78 is 40.7. The van der Waals surface area contributed by atoms with Gasteiger partial charge in [0.25, 0.3) is 0 Å². The molecule has 0 bridgehead atoms. The van der Waals surface area contributed by atoms with Crippen LogP contribution in [0.5, 0.6) is 5.75 Å². The Kier molecular flexibility index (Phi) is 3.99. The van der Waals surface area contributed by atoms with E-state index in [1.165, 1.54) is 12.1 Å². The molecular formula is C14H8ClF3O2. The topological polar surface area (TPSA) is 26.3 Å². The molecule has 0 spiro atoms. The minimum absolute atomic E-state index is 0.160. The summed E-state index contributed by atoms with van der Waals surface area (Å²) in [6, 6.07) is 10.4. The minimum Gasteiger partial charge on any atom is -0.405 e. The van der Waals surface area contributed by atoms with Gasteiger partial charge in [-0.3, -0.25) is 4.79 Å². The summed E-state index contributed by atoms with van der Waals surface area (Å²) >= 11 is 5.75. The molecule has 0 fully saturated rings. The van der Waals surface area contributed by atoms with Gasteiger partial charge in [-0.05, 0) is 29.3 Å². The van der Waals surface area contributed by atoms with Gasteiger partial charge in [0.2, 0.25) is 0 Å². The van der Waals surface area contributed by atoms with E-state index < -0.39 is 12.1 Å². The van der Waals surface area contributed by atoms with Crippen molar-refractivity contribution in [1.29, 1.82) is 0 Å². The molecule has 6 heteroatoms. The number of aldehydes is 1. The zero-order chi connectivity index (χ0) is 14.8. The number of carbonyl (C=O) groups is 1. The van der Waals surface area contributed by atoms with Gasteiger partial charge >= 0.3 is 6.36 Å². The van der Waals surface area contributed by atoms with Crippen LogP contribution < -0.4 is 4.74 Å². The third-order valence-electron chi connectivity index (χ3n) is 2.56. The number of halogens is 4. The molecule has 2 aromatic rings. The van der Waals surface area contributed by atoms with E-state index in [0.717, 1.165) is 6.07 Å². The highest BCUT2D eigenvalue weighted by Crippen LogP contribution is 2.33. The third-order valence-corrected chi connectivity index (χ3v) is 2.82. The van der Waals surface area contributed by atoms with E-state index in [-0.39, 0.29) is 5.56 Å². The van der Waals surface area contributed by atoms with Gasteiger partial charge in [0.1, 0.15) is 5.75 Å². The second-order valence-corrected chi connectivity index (χ2v) is 4.33. The molecule has 0 saturated carbocycles. The molecule has 0 atom stereocenters. The van der Waals surface area contributed by atoms with Gasteiger partial charge in [0.05, 0.1) is 5.56 Å². The molecule has 0 aliphatic rings. The number of ether oxygens (including phenoxy) is 1. The zero-order valence-corrected chi connectivity index (χ0v) is 10.7. The van der Waals surface area contributed by atoms with E-state index in [4.69, 9.17) is 11.6 Å². The number of alkyl halides is 3. The molecule has 104 valence electrons. The number of benzene rings is 2. The molecule has 0 aromatic heterocycles. The molecule has 0 saturated heterocycles. The molecule has 0 aliphatic carbocycles. The fourth-order valence-corrected chi connectivity index (χ4v) is 1.89. The fourth-order valence-electron chi connectivity index (χ4n) is 1.76. The molecule has 0 N–H and O–H groups in total. The molecule has 20 heavy (non-hydrogen) atoms. The lowest BCUT2D eigenvalue weighted by molar-refractivity contribution is -0.274. The van der Waals surface area contributed by atoms with Crippen LogP contribution in [0.4, 0.5) is 13.2 Å². The first-order valence-electron chi connectivity index (χ1n) is 5.50. The second-order valence-electron chi connectivity index (χ2n) is 3.89. The normalized spacial score (nSPS) is 11.2. The first-order chi connectivity index (χ1) is 9.40. The van der Waals surface area contributed by atoms with Gasteiger partial charge < -0.3 is 4.74 Å². The van der Waals surface area contributed by atoms with Gasteiger partial charge in [0, 0.05) is 5.02 Å².